The van der Waals surface area contributed by atoms with Gasteiger partial charge in [0.05, 0.1) is 0 Å². The minimum absolute atomic E-state index is 0.0968. The predicted molar refractivity (Wildman–Crippen MR) is 42.7 cm³/mol. The van der Waals surface area contributed by atoms with Crippen molar-refractivity contribution in [3.63, 3.8) is 0 Å². The lowest BCUT2D eigenvalue weighted by Gasteiger charge is -2.13. The molecule has 0 rings (SSSR count). The van der Waals surface area contributed by atoms with Gasteiger partial charge in [0.25, 0.3) is 0 Å². The van der Waals surface area contributed by atoms with Crippen molar-refractivity contribution < 1.29 is 8.91 Å². The lowest BCUT2D eigenvalue weighted by molar-refractivity contribution is -0.119. The van der Waals surface area contributed by atoms with E-state index in [-0.39, 0.29) is 25.7 Å². The van der Waals surface area contributed by atoms with Gasteiger partial charge in [0.2, 0.25) is 5.91 Å². The number of amides is 1. The maximum atomic E-state index is 10.7. The fraction of sp³-hybridized carbons (Fsp3) is 0.875. The number of hydrogen-bond acceptors (Lipinski definition) is 1. The topological polar surface area (TPSA) is 29.1 Å². The fourth-order valence-corrected chi connectivity index (χ4v) is 0.831. The molecule has 0 aliphatic heterocycles. The average molecular weight is 146 g/mol. The fourth-order valence-electron chi connectivity index (χ4n) is 0.831. The molecule has 0 aromatic rings. The molecule has 0 saturated heterocycles. The standard InChI is InChI=1S/C8H17NO/c1-6(2)5-7(3)9-8(4)10/h6-7H,5H2,1-4H3,(H,9,10)/i1D,2D,6D. The SMILES string of the molecule is [2H]CC([2H])(C[2H])CC(C)NC(C)=O. The van der Waals surface area contributed by atoms with Crippen LogP contribution in [-0.2, 0) is 4.79 Å². The second-order valence-corrected chi connectivity index (χ2v) is 2.56. The molecule has 0 aliphatic carbocycles. The number of rotatable bonds is 3. The molecule has 2 nitrogen and oxygen atoms in total. The molecule has 0 aliphatic rings. The monoisotopic (exact) mass is 146 g/mol. The molecule has 0 spiro atoms. The third-order valence-electron chi connectivity index (χ3n) is 1.04. The van der Waals surface area contributed by atoms with Crippen LogP contribution in [0, 0.1) is 5.89 Å². The van der Waals surface area contributed by atoms with Crippen molar-refractivity contribution in [1.29, 1.82) is 0 Å². The summed E-state index contributed by atoms with van der Waals surface area (Å²) in [4.78, 5) is 10.7. The summed E-state index contributed by atoms with van der Waals surface area (Å²) in [7, 11) is 0. The zero-order valence-corrected chi connectivity index (χ0v) is 6.61. The Kier molecular flexibility index (Phi) is 2.23. The molecule has 0 aromatic carbocycles. The Morgan fingerprint density at radius 2 is 2.40 bits per heavy atom. The van der Waals surface area contributed by atoms with Gasteiger partial charge in [-0.3, -0.25) is 4.79 Å². The van der Waals surface area contributed by atoms with Crippen LogP contribution in [0.4, 0.5) is 0 Å². The summed E-state index contributed by atoms with van der Waals surface area (Å²) in [6.45, 7) is 3.01. The van der Waals surface area contributed by atoms with Crippen LogP contribution in [0.25, 0.3) is 0 Å². The van der Waals surface area contributed by atoms with Crippen LogP contribution in [0.3, 0.4) is 0 Å². The van der Waals surface area contributed by atoms with Crippen LogP contribution < -0.4 is 5.32 Å². The Bertz CT molecular complexity index is 171. The summed E-state index contributed by atoms with van der Waals surface area (Å²) < 4.78 is 21.9. The molecule has 1 atom stereocenters. The highest BCUT2D eigenvalue weighted by Crippen LogP contribution is 2.02. The zero-order valence-electron chi connectivity index (χ0n) is 9.61. The maximum absolute atomic E-state index is 10.7. The smallest absolute Gasteiger partial charge is 0.217 e. The van der Waals surface area contributed by atoms with E-state index in [0.717, 1.165) is 0 Å². The van der Waals surface area contributed by atoms with Gasteiger partial charge in [0.15, 0.2) is 0 Å². The minimum Gasteiger partial charge on any atom is -0.354 e. The van der Waals surface area contributed by atoms with Gasteiger partial charge in [0, 0.05) is 17.1 Å². The zero-order chi connectivity index (χ0) is 10.5. The molecule has 0 fully saturated rings. The Hall–Kier alpha value is -0.530. The van der Waals surface area contributed by atoms with E-state index in [1.807, 2.05) is 0 Å². The first-order valence-corrected chi connectivity index (χ1v) is 3.29. The Morgan fingerprint density at radius 3 is 2.80 bits per heavy atom. The van der Waals surface area contributed by atoms with Gasteiger partial charge in [0.1, 0.15) is 0 Å². The van der Waals surface area contributed by atoms with Crippen molar-refractivity contribution in [1.82, 2.24) is 5.32 Å². The van der Waals surface area contributed by atoms with E-state index in [1.54, 1.807) is 6.92 Å². The van der Waals surface area contributed by atoms with Gasteiger partial charge >= 0.3 is 0 Å². The van der Waals surface area contributed by atoms with E-state index in [0.29, 0.717) is 6.42 Å². The molecule has 10 heavy (non-hydrogen) atoms. The number of nitrogens with one attached hydrogen (secondary N) is 1. The van der Waals surface area contributed by atoms with Crippen molar-refractivity contribution >= 4 is 5.91 Å². The third kappa shape index (κ3) is 5.60. The van der Waals surface area contributed by atoms with E-state index in [2.05, 4.69) is 5.32 Å². The van der Waals surface area contributed by atoms with E-state index in [4.69, 9.17) is 4.11 Å². The molecule has 1 unspecified atom stereocenters. The summed E-state index contributed by atoms with van der Waals surface area (Å²) in [5, 5.41) is 2.64. The minimum atomic E-state index is -1.04. The van der Waals surface area contributed by atoms with Crippen LogP contribution in [0.1, 0.15) is 38.2 Å². The highest BCUT2D eigenvalue weighted by Gasteiger charge is 2.04. The first kappa shape index (κ1) is 5.16. The maximum Gasteiger partial charge on any atom is 0.217 e. The molecule has 1 N–H and O–H groups in total. The van der Waals surface area contributed by atoms with Gasteiger partial charge in [-0.1, -0.05) is 13.8 Å². The third-order valence-corrected chi connectivity index (χ3v) is 1.04. The van der Waals surface area contributed by atoms with Crippen molar-refractivity contribution in [3.05, 3.63) is 0 Å². The highest BCUT2D eigenvalue weighted by molar-refractivity contribution is 5.73. The van der Waals surface area contributed by atoms with Crippen molar-refractivity contribution in [2.24, 2.45) is 5.89 Å². The van der Waals surface area contributed by atoms with Gasteiger partial charge in [-0.15, -0.1) is 0 Å². The van der Waals surface area contributed by atoms with E-state index in [9.17, 15) is 4.79 Å². The molecule has 0 aromatic heterocycles. The van der Waals surface area contributed by atoms with Crippen LogP contribution in [-0.4, -0.2) is 11.9 Å². The second-order valence-electron chi connectivity index (χ2n) is 2.56. The number of carbonyl (C=O) groups is 1. The molecular weight excluding hydrogens is 126 g/mol. The molecule has 0 radical (unpaired) electrons. The highest BCUT2D eigenvalue weighted by atomic mass is 16.1. The molecule has 0 bridgehead atoms. The molecule has 60 valence electrons. The van der Waals surface area contributed by atoms with Gasteiger partial charge < -0.3 is 5.32 Å². The number of hydrogen-bond donors (Lipinski definition) is 1. The van der Waals surface area contributed by atoms with E-state index >= 15 is 0 Å². The molecule has 0 heterocycles. The van der Waals surface area contributed by atoms with E-state index in [1.165, 1.54) is 6.92 Å². The van der Waals surface area contributed by atoms with Crippen molar-refractivity contribution in [2.45, 2.75) is 40.1 Å². The van der Waals surface area contributed by atoms with Crippen molar-refractivity contribution in [3.8, 4) is 0 Å². The van der Waals surface area contributed by atoms with Crippen LogP contribution in [0.5, 0.6) is 0 Å². The van der Waals surface area contributed by atoms with E-state index < -0.39 is 5.89 Å². The largest absolute Gasteiger partial charge is 0.354 e. The van der Waals surface area contributed by atoms with Gasteiger partial charge in [-0.25, -0.2) is 0 Å². The molecule has 1 amide bonds. The number of carbonyl (C=O) groups excluding carboxylic acids is 1. The average Bonchev–Trinajstić information content (AvgIpc) is 2.02. The Labute approximate surface area is 67.2 Å². The second kappa shape index (κ2) is 4.31. The summed E-state index contributed by atoms with van der Waals surface area (Å²) in [6, 6.07) is -0.134. The first-order chi connectivity index (χ1) is 5.93. The van der Waals surface area contributed by atoms with Crippen LogP contribution in [0.2, 0.25) is 0 Å². The normalized spacial score (nSPS) is 18.4. The Balaban J connectivity index is 4.01. The van der Waals surface area contributed by atoms with Crippen molar-refractivity contribution in [2.75, 3.05) is 0 Å². The Morgan fingerprint density at radius 1 is 1.80 bits per heavy atom. The summed E-state index contributed by atoms with van der Waals surface area (Å²) >= 11 is 0. The first-order valence-electron chi connectivity index (χ1n) is 5.20. The molecule has 0 saturated carbocycles. The van der Waals surface area contributed by atoms with Crippen LogP contribution >= 0.6 is 0 Å². The van der Waals surface area contributed by atoms with Gasteiger partial charge in [-0.2, -0.15) is 0 Å². The van der Waals surface area contributed by atoms with Crippen LogP contribution in [0.15, 0.2) is 0 Å². The lowest BCUT2D eigenvalue weighted by Crippen LogP contribution is -2.31. The summed E-state index contributed by atoms with van der Waals surface area (Å²) in [5.41, 5.74) is 0. The molecular formula is C8H17NO. The quantitative estimate of drug-likeness (QED) is 0.643. The van der Waals surface area contributed by atoms with Gasteiger partial charge in [-0.05, 0) is 19.2 Å². The lowest BCUT2D eigenvalue weighted by atomic mass is 10.1. The predicted octanol–water partition coefficient (Wildman–Crippen LogP) is 1.56. The molecule has 2 heteroatoms. The summed E-state index contributed by atoms with van der Waals surface area (Å²) in [5.74, 6) is -1.17. The summed E-state index contributed by atoms with van der Waals surface area (Å²) in [6.07, 6.45) is 0.361.